The molecule has 1 aliphatic carbocycles. The van der Waals surface area contributed by atoms with E-state index in [1.165, 1.54) is 57.1 Å². The Morgan fingerprint density at radius 3 is 2.65 bits per heavy atom. The Labute approximate surface area is 124 Å². The van der Waals surface area contributed by atoms with Crippen molar-refractivity contribution >= 4 is 0 Å². The highest BCUT2D eigenvalue weighted by molar-refractivity contribution is 5.01. The van der Waals surface area contributed by atoms with Crippen molar-refractivity contribution in [3.05, 3.63) is 18.0 Å². The van der Waals surface area contributed by atoms with E-state index in [-0.39, 0.29) is 0 Å². The van der Waals surface area contributed by atoms with Gasteiger partial charge in [-0.2, -0.15) is 5.10 Å². The fourth-order valence-electron chi connectivity index (χ4n) is 3.41. The maximum Gasteiger partial charge on any atom is 0.0640 e. The smallest absolute Gasteiger partial charge is 0.0640 e. The Kier molecular flexibility index (Phi) is 6.58. The summed E-state index contributed by atoms with van der Waals surface area (Å²) in [6, 6.07) is 2.77. The average molecular weight is 277 g/mol. The molecule has 0 radical (unpaired) electrons. The molecule has 1 atom stereocenters. The van der Waals surface area contributed by atoms with Gasteiger partial charge in [0.05, 0.1) is 5.69 Å². The van der Waals surface area contributed by atoms with Gasteiger partial charge in [0.1, 0.15) is 0 Å². The molecule has 1 unspecified atom stereocenters. The first-order chi connectivity index (χ1) is 9.78. The van der Waals surface area contributed by atoms with E-state index < -0.39 is 0 Å². The van der Waals surface area contributed by atoms with E-state index in [1.54, 1.807) is 0 Å². The summed E-state index contributed by atoms with van der Waals surface area (Å²) in [4.78, 5) is 0. The summed E-state index contributed by atoms with van der Waals surface area (Å²) in [5.41, 5.74) is 1.23. The van der Waals surface area contributed by atoms with Gasteiger partial charge in [0, 0.05) is 25.7 Å². The third kappa shape index (κ3) is 5.28. The molecule has 1 heterocycles. The number of aryl methyl sites for hydroxylation is 1. The molecule has 3 nitrogen and oxygen atoms in total. The van der Waals surface area contributed by atoms with Crippen LogP contribution in [0.5, 0.6) is 0 Å². The monoisotopic (exact) mass is 277 g/mol. The quantitative estimate of drug-likeness (QED) is 0.770. The van der Waals surface area contributed by atoms with Crippen LogP contribution in [0, 0.1) is 5.92 Å². The van der Waals surface area contributed by atoms with Crippen LogP contribution >= 0.6 is 0 Å². The molecule has 0 aromatic carbocycles. The zero-order valence-corrected chi connectivity index (χ0v) is 13.3. The molecular formula is C17H31N3. The predicted octanol–water partition coefficient (Wildman–Crippen LogP) is 3.69. The van der Waals surface area contributed by atoms with Gasteiger partial charge in [-0.1, -0.05) is 45.4 Å². The SMILES string of the molecule is CCCNC(Cc1ccn(C)n1)CC1CCCCCC1. The van der Waals surface area contributed by atoms with Gasteiger partial charge >= 0.3 is 0 Å². The van der Waals surface area contributed by atoms with Gasteiger partial charge in [-0.3, -0.25) is 4.68 Å². The van der Waals surface area contributed by atoms with Crippen molar-refractivity contribution in [2.24, 2.45) is 13.0 Å². The minimum absolute atomic E-state index is 0.605. The van der Waals surface area contributed by atoms with E-state index in [1.807, 2.05) is 11.7 Å². The van der Waals surface area contributed by atoms with Gasteiger partial charge in [0.2, 0.25) is 0 Å². The summed E-state index contributed by atoms with van der Waals surface area (Å²) < 4.78 is 1.91. The molecule has 1 N–H and O–H groups in total. The van der Waals surface area contributed by atoms with Crippen LogP contribution in [0.2, 0.25) is 0 Å². The second-order valence-corrected chi connectivity index (χ2v) is 6.43. The molecule has 1 saturated carbocycles. The maximum absolute atomic E-state index is 4.55. The van der Waals surface area contributed by atoms with Gasteiger partial charge < -0.3 is 5.32 Å². The van der Waals surface area contributed by atoms with Crippen molar-refractivity contribution < 1.29 is 0 Å². The Morgan fingerprint density at radius 1 is 1.30 bits per heavy atom. The third-order valence-corrected chi connectivity index (χ3v) is 4.50. The number of nitrogens with zero attached hydrogens (tertiary/aromatic N) is 2. The highest BCUT2D eigenvalue weighted by Gasteiger charge is 2.18. The summed E-state index contributed by atoms with van der Waals surface area (Å²) in [7, 11) is 2.00. The fourth-order valence-corrected chi connectivity index (χ4v) is 3.41. The van der Waals surface area contributed by atoms with Crippen molar-refractivity contribution in [2.45, 2.75) is 70.8 Å². The Morgan fingerprint density at radius 2 is 2.05 bits per heavy atom. The third-order valence-electron chi connectivity index (χ3n) is 4.50. The largest absolute Gasteiger partial charge is 0.314 e. The molecule has 0 spiro atoms. The molecule has 1 aromatic heterocycles. The molecule has 2 rings (SSSR count). The van der Waals surface area contributed by atoms with Gasteiger partial charge in [-0.25, -0.2) is 0 Å². The van der Waals surface area contributed by atoms with Crippen molar-refractivity contribution in [3.63, 3.8) is 0 Å². The predicted molar refractivity (Wildman–Crippen MR) is 84.8 cm³/mol. The van der Waals surface area contributed by atoms with Crippen LogP contribution in [0.1, 0.15) is 64.0 Å². The van der Waals surface area contributed by atoms with Gasteiger partial charge in [-0.05, 0) is 31.4 Å². The maximum atomic E-state index is 4.55. The molecule has 0 saturated heterocycles. The van der Waals surface area contributed by atoms with Crippen molar-refractivity contribution in [3.8, 4) is 0 Å². The fraction of sp³-hybridized carbons (Fsp3) is 0.824. The Balaban J connectivity index is 1.88. The number of nitrogens with one attached hydrogen (secondary N) is 1. The van der Waals surface area contributed by atoms with E-state index in [0.29, 0.717) is 6.04 Å². The van der Waals surface area contributed by atoms with Gasteiger partial charge in [-0.15, -0.1) is 0 Å². The van der Waals surface area contributed by atoms with E-state index in [9.17, 15) is 0 Å². The van der Waals surface area contributed by atoms with Crippen LogP contribution in [-0.4, -0.2) is 22.4 Å². The molecule has 3 heteroatoms. The molecule has 114 valence electrons. The zero-order valence-electron chi connectivity index (χ0n) is 13.3. The second-order valence-electron chi connectivity index (χ2n) is 6.43. The van der Waals surface area contributed by atoms with Crippen molar-refractivity contribution in [2.75, 3.05) is 6.54 Å². The van der Waals surface area contributed by atoms with Crippen molar-refractivity contribution in [1.29, 1.82) is 0 Å². The molecule has 0 bridgehead atoms. The minimum atomic E-state index is 0.605. The first-order valence-electron chi connectivity index (χ1n) is 8.50. The topological polar surface area (TPSA) is 29.9 Å². The average Bonchev–Trinajstić information content (AvgIpc) is 2.69. The first kappa shape index (κ1) is 15.6. The first-order valence-corrected chi connectivity index (χ1v) is 8.50. The number of aromatic nitrogens is 2. The molecule has 1 fully saturated rings. The molecule has 20 heavy (non-hydrogen) atoms. The number of hydrogen-bond acceptors (Lipinski definition) is 2. The molecule has 1 aliphatic rings. The lowest BCUT2D eigenvalue weighted by Gasteiger charge is -2.23. The lowest BCUT2D eigenvalue weighted by molar-refractivity contribution is 0.347. The Hall–Kier alpha value is -0.830. The summed E-state index contributed by atoms with van der Waals surface area (Å²) in [6.45, 7) is 3.38. The summed E-state index contributed by atoms with van der Waals surface area (Å²) in [5, 5.41) is 8.29. The van der Waals surface area contributed by atoms with E-state index in [2.05, 4.69) is 29.6 Å². The number of rotatable bonds is 7. The van der Waals surface area contributed by atoms with Gasteiger partial charge in [0.15, 0.2) is 0 Å². The van der Waals surface area contributed by atoms with Crippen LogP contribution in [-0.2, 0) is 13.5 Å². The lowest BCUT2D eigenvalue weighted by Crippen LogP contribution is -2.34. The van der Waals surface area contributed by atoms with E-state index in [4.69, 9.17) is 0 Å². The van der Waals surface area contributed by atoms with Gasteiger partial charge in [0.25, 0.3) is 0 Å². The van der Waals surface area contributed by atoms with Crippen LogP contribution in [0.4, 0.5) is 0 Å². The minimum Gasteiger partial charge on any atom is -0.314 e. The van der Waals surface area contributed by atoms with Crippen LogP contribution in [0.25, 0.3) is 0 Å². The van der Waals surface area contributed by atoms with Crippen molar-refractivity contribution in [1.82, 2.24) is 15.1 Å². The highest BCUT2D eigenvalue weighted by Crippen LogP contribution is 2.27. The second kappa shape index (κ2) is 8.46. The summed E-state index contributed by atoms with van der Waals surface area (Å²) in [6.07, 6.45) is 14.3. The van der Waals surface area contributed by atoms with E-state index in [0.717, 1.165) is 18.9 Å². The lowest BCUT2D eigenvalue weighted by atomic mass is 9.90. The highest BCUT2D eigenvalue weighted by atomic mass is 15.2. The molecule has 0 aliphatic heterocycles. The van der Waals surface area contributed by atoms with Crippen LogP contribution < -0.4 is 5.32 Å². The number of hydrogen-bond donors (Lipinski definition) is 1. The molecule has 1 aromatic rings. The summed E-state index contributed by atoms with van der Waals surface area (Å²) >= 11 is 0. The molecular weight excluding hydrogens is 246 g/mol. The van der Waals surface area contributed by atoms with Crippen LogP contribution in [0.15, 0.2) is 12.3 Å². The zero-order chi connectivity index (χ0) is 14.2. The summed E-state index contributed by atoms with van der Waals surface area (Å²) in [5.74, 6) is 0.926. The van der Waals surface area contributed by atoms with E-state index >= 15 is 0 Å². The Bertz CT molecular complexity index is 364. The van der Waals surface area contributed by atoms with Crippen LogP contribution in [0.3, 0.4) is 0 Å². The standard InChI is InChI=1S/C17H31N3/c1-3-11-18-17(14-16-10-12-20(2)19-16)13-15-8-6-4-5-7-9-15/h10,12,15,17-18H,3-9,11,13-14H2,1-2H3. The normalized spacial score (nSPS) is 18.9. The molecule has 0 amide bonds.